The summed E-state index contributed by atoms with van der Waals surface area (Å²) in [4.78, 5) is 0.734. The molecule has 6 nitrogen and oxygen atoms in total. The first-order valence-electron chi connectivity index (χ1n) is 8.55. The Morgan fingerprint density at radius 1 is 0.926 bits per heavy atom. The first-order valence-corrected chi connectivity index (χ1v) is 9.37. The van der Waals surface area contributed by atoms with Crippen LogP contribution in [0.4, 0.5) is 0 Å². The topological polar surface area (TPSA) is 69.1 Å². The van der Waals surface area contributed by atoms with Crippen molar-refractivity contribution in [3.05, 3.63) is 88.6 Å². The first kappa shape index (κ1) is 15.9. The van der Waals surface area contributed by atoms with Crippen LogP contribution < -0.4 is 0 Å². The third-order valence-corrected chi connectivity index (χ3v) is 5.34. The van der Waals surface area contributed by atoms with Crippen molar-refractivity contribution < 1.29 is 4.52 Å². The standard InChI is InChI=1S/C20H15N5OS/c1-13-12-16(24-26-13)18-21-22-20-25(18)23-19(27-20)17(14-8-4-2-5-9-14)15-10-6-3-7-11-15/h2-12,17H,1H3. The Labute approximate surface area is 159 Å². The molecule has 0 bridgehead atoms. The quantitative estimate of drug-likeness (QED) is 0.469. The van der Waals surface area contributed by atoms with E-state index in [2.05, 4.69) is 63.9 Å². The van der Waals surface area contributed by atoms with Gasteiger partial charge in [-0.1, -0.05) is 77.2 Å². The van der Waals surface area contributed by atoms with Gasteiger partial charge >= 0.3 is 0 Å². The molecule has 132 valence electrons. The summed E-state index contributed by atoms with van der Waals surface area (Å²) in [5, 5.41) is 18.3. The van der Waals surface area contributed by atoms with Gasteiger partial charge in [-0.2, -0.15) is 9.61 Å². The van der Waals surface area contributed by atoms with Crippen molar-refractivity contribution in [3.8, 4) is 11.5 Å². The summed E-state index contributed by atoms with van der Waals surface area (Å²) >= 11 is 1.54. The highest BCUT2D eigenvalue weighted by Gasteiger charge is 2.23. The molecule has 5 rings (SSSR count). The van der Waals surface area contributed by atoms with Crippen LogP contribution in [0.5, 0.6) is 0 Å². The van der Waals surface area contributed by atoms with E-state index in [9.17, 15) is 0 Å². The van der Waals surface area contributed by atoms with Crippen molar-refractivity contribution in [3.63, 3.8) is 0 Å². The van der Waals surface area contributed by atoms with E-state index in [0.717, 1.165) is 15.7 Å². The van der Waals surface area contributed by atoms with Crippen LogP contribution in [0.3, 0.4) is 0 Å². The molecule has 0 spiro atoms. The van der Waals surface area contributed by atoms with E-state index in [1.165, 1.54) is 22.5 Å². The molecule has 0 saturated heterocycles. The molecule has 0 amide bonds. The molecule has 0 N–H and O–H groups in total. The molecule has 0 radical (unpaired) electrons. The maximum atomic E-state index is 5.17. The van der Waals surface area contributed by atoms with E-state index in [1.54, 1.807) is 4.52 Å². The van der Waals surface area contributed by atoms with Gasteiger partial charge in [0.1, 0.15) is 10.8 Å². The molecule has 3 heterocycles. The van der Waals surface area contributed by atoms with Crippen LogP contribution in [0.25, 0.3) is 16.5 Å². The molecule has 0 atom stereocenters. The van der Waals surface area contributed by atoms with Gasteiger partial charge in [0.15, 0.2) is 5.69 Å². The zero-order valence-electron chi connectivity index (χ0n) is 14.5. The van der Waals surface area contributed by atoms with Crippen LogP contribution >= 0.6 is 11.3 Å². The van der Waals surface area contributed by atoms with Crippen LogP contribution in [-0.2, 0) is 0 Å². The minimum absolute atomic E-state index is 0.0333. The van der Waals surface area contributed by atoms with Crippen molar-refractivity contribution in [2.75, 3.05) is 0 Å². The van der Waals surface area contributed by atoms with Gasteiger partial charge in [-0.3, -0.25) is 0 Å². The lowest BCUT2D eigenvalue weighted by atomic mass is 9.92. The van der Waals surface area contributed by atoms with Gasteiger partial charge < -0.3 is 4.52 Å². The van der Waals surface area contributed by atoms with Crippen molar-refractivity contribution in [2.45, 2.75) is 12.8 Å². The highest BCUT2D eigenvalue weighted by atomic mass is 32.1. The second kappa shape index (κ2) is 6.44. The molecule has 5 aromatic rings. The molecule has 27 heavy (non-hydrogen) atoms. The van der Waals surface area contributed by atoms with Gasteiger partial charge in [0.05, 0.1) is 5.92 Å². The van der Waals surface area contributed by atoms with E-state index < -0.39 is 0 Å². The minimum atomic E-state index is 0.0333. The van der Waals surface area contributed by atoms with Crippen molar-refractivity contribution in [2.24, 2.45) is 0 Å². The average molecular weight is 373 g/mol. The van der Waals surface area contributed by atoms with Crippen LogP contribution in [0, 0.1) is 6.92 Å². The number of fused-ring (bicyclic) bond motifs is 1. The van der Waals surface area contributed by atoms with Gasteiger partial charge in [0.2, 0.25) is 10.8 Å². The molecule has 7 heteroatoms. The van der Waals surface area contributed by atoms with E-state index in [1.807, 2.05) is 25.1 Å². The highest BCUT2D eigenvalue weighted by Crippen LogP contribution is 2.35. The molecule has 0 aliphatic heterocycles. The van der Waals surface area contributed by atoms with Crippen LogP contribution in [0.2, 0.25) is 0 Å². The van der Waals surface area contributed by atoms with Gasteiger partial charge in [-0.25, -0.2) is 0 Å². The van der Waals surface area contributed by atoms with Crippen LogP contribution in [-0.4, -0.2) is 25.0 Å². The Hall–Kier alpha value is -3.32. The fraction of sp³-hybridized carbons (Fsp3) is 0.100. The van der Waals surface area contributed by atoms with Gasteiger partial charge in [-0.15, -0.1) is 10.2 Å². The number of hydrogen-bond donors (Lipinski definition) is 0. The molecule has 0 fully saturated rings. The summed E-state index contributed by atoms with van der Waals surface area (Å²) in [6.45, 7) is 1.85. The SMILES string of the molecule is Cc1cc(-c2nnc3sc(C(c4ccccc4)c4ccccc4)nn23)no1. The predicted molar refractivity (Wildman–Crippen MR) is 103 cm³/mol. The fourth-order valence-corrected chi connectivity index (χ4v) is 4.14. The second-order valence-corrected chi connectivity index (χ2v) is 7.22. The summed E-state index contributed by atoms with van der Waals surface area (Å²) in [7, 11) is 0. The smallest absolute Gasteiger partial charge is 0.235 e. The molecule has 0 aliphatic rings. The summed E-state index contributed by atoms with van der Waals surface area (Å²) < 4.78 is 6.92. The summed E-state index contributed by atoms with van der Waals surface area (Å²) in [6, 6.07) is 22.6. The Bertz CT molecular complexity index is 1150. The van der Waals surface area contributed by atoms with E-state index in [0.29, 0.717) is 11.5 Å². The second-order valence-electron chi connectivity index (χ2n) is 6.24. The molecule has 0 aliphatic carbocycles. The maximum absolute atomic E-state index is 5.17. The third kappa shape index (κ3) is 2.82. The molecule has 0 saturated carbocycles. The predicted octanol–water partition coefficient (Wildman–Crippen LogP) is 4.33. The Balaban J connectivity index is 1.66. The monoisotopic (exact) mass is 373 g/mol. The maximum Gasteiger partial charge on any atom is 0.235 e. The van der Waals surface area contributed by atoms with Gasteiger partial charge in [0, 0.05) is 6.07 Å². The molecular formula is C20H15N5OS. The number of aromatic nitrogens is 5. The number of benzene rings is 2. The largest absolute Gasteiger partial charge is 0.361 e. The van der Waals surface area contributed by atoms with Crippen molar-refractivity contribution in [1.82, 2.24) is 25.0 Å². The molecule has 3 aromatic heterocycles. The van der Waals surface area contributed by atoms with E-state index >= 15 is 0 Å². The number of nitrogens with zero attached hydrogens (tertiary/aromatic N) is 5. The summed E-state index contributed by atoms with van der Waals surface area (Å²) in [5.41, 5.74) is 3.01. The first-order chi connectivity index (χ1) is 13.3. The van der Waals surface area contributed by atoms with Gasteiger partial charge in [-0.05, 0) is 18.1 Å². The fourth-order valence-electron chi connectivity index (χ4n) is 3.15. The third-order valence-electron chi connectivity index (χ3n) is 4.38. The molecule has 0 unspecified atom stereocenters. The van der Waals surface area contributed by atoms with E-state index in [4.69, 9.17) is 9.62 Å². The highest BCUT2D eigenvalue weighted by molar-refractivity contribution is 7.16. The normalized spacial score (nSPS) is 11.5. The van der Waals surface area contributed by atoms with Crippen molar-refractivity contribution in [1.29, 1.82) is 0 Å². The zero-order chi connectivity index (χ0) is 18.2. The Kier molecular flexibility index (Phi) is 3.79. The number of rotatable bonds is 4. The lowest BCUT2D eigenvalue weighted by molar-refractivity contribution is 0.399. The molecular weight excluding hydrogens is 358 g/mol. The van der Waals surface area contributed by atoms with Gasteiger partial charge in [0.25, 0.3) is 0 Å². The Morgan fingerprint density at radius 3 is 2.19 bits per heavy atom. The zero-order valence-corrected chi connectivity index (χ0v) is 15.3. The Morgan fingerprint density at radius 2 is 1.59 bits per heavy atom. The number of aryl methyl sites for hydroxylation is 1. The minimum Gasteiger partial charge on any atom is -0.361 e. The lowest BCUT2D eigenvalue weighted by Gasteiger charge is -2.14. The van der Waals surface area contributed by atoms with Crippen LogP contribution in [0.15, 0.2) is 71.3 Å². The lowest BCUT2D eigenvalue weighted by Crippen LogP contribution is -2.04. The summed E-state index contributed by atoms with van der Waals surface area (Å²) in [5.74, 6) is 1.35. The van der Waals surface area contributed by atoms with Crippen molar-refractivity contribution >= 4 is 16.3 Å². The molecule has 2 aromatic carbocycles. The van der Waals surface area contributed by atoms with Crippen LogP contribution in [0.1, 0.15) is 27.8 Å². The summed E-state index contributed by atoms with van der Waals surface area (Å²) in [6.07, 6.45) is 0. The number of hydrogen-bond acceptors (Lipinski definition) is 6. The van der Waals surface area contributed by atoms with E-state index in [-0.39, 0.29) is 5.92 Å². The average Bonchev–Trinajstić information content (AvgIpc) is 3.40.